The molecule has 0 N–H and O–H groups in total. The van der Waals surface area contributed by atoms with Crippen molar-refractivity contribution < 1.29 is 13.4 Å². The second kappa shape index (κ2) is 7.31. The predicted octanol–water partition coefficient (Wildman–Crippen LogP) is 3.13. The van der Waals surface area contributed by atoms with Gasteiger partial charge in [0, 0.05) is 29.1 Å². The molecule has 2 rings (SSSR count). The first-order valence-electron chi connectivity index (χ1n) is 6.94. The zero-order valence-electron chi connectivity index (χ0n) is 12.5. The molecular formula is C17H18FNO2S. The van der Waals surface area contributed by atoms with Crippen LogP contribution in [0, 0.1) is 5.82 Å². The van der Waals surface area contributed by atoms with Gasteiger partial charge in [0.05, 0.1) is 5.75 Å². The highest BCUT2D eigenvalue weighted by molar-refractivity contribution is 7.85. The zero-order chi connectivity index (χ0) is 16.1. The fourth-order valence-electron chi connectivity index (χ4n) is 2.06. The topological polar surface area (TPSA) is 37.4 Å². The van der Waals surface area contributed by atoms with Gasteiger partial charge in [0.15, 0.2) is 0 Å². The summed E-state index contributed by atoms with van der Waals surface area (Å²) >= 11 is 0. The molecule has 22 heavy (non-hydrogen) atoms. The molecule has 0 bridgehead atoms. The first-order valence-corrected chi connectivity index (χ1v) is 8.32. The van der Waals surface area contributed by atoms with Crippen molar-refractivity contribution in [3.8, 4) is 0 Å². The van der Waals surface area contributed by atoms with Crippen LogP contribution in [0.25, 0.3) is 0 Å². The van der Waals surface area contributed by atoms with Crippen molar-refractivity contribution in [1.82, 2.24) is 0 Å². The molecule has 0 radical (unpaired) electrons. The van der Waals surface area contributed by atoms with Gasteiger partial charge in [-0.25, -0.2) is 4.39 Å². The Kier molecular flexibility index (Phi) is 5.44. The fraction of sp³-hybridized carbons (Fsp3) is 0.235. The summed E-state index contributed by atoms with van der Waals surface area (Å²) in [5, 5.41) is -0.704. The Morgan fingerprint density at radius 3 is 2.36 bits per heavy atom. The lowest BCUT2D eigenvalue weighted by Gasteiger charge is -2.21. The molecule has 2 aromatic rings. The first kappa shape index (κ1) is 16.4. The highest BCUT2D eigenvalue weighted by atomic mass is 32.2. The number of hydrogen-bond donors (Lipinski definition) is 0. The number of para-hydroxylation sites is 1. The minimum atomic E-state index is -1.48. The van der Waals surface area contributed by atoms with E-state index in [1.54, 1.807) is 32.2 Å². The molecule has 0 aromatic heterocycles. The van der Waals surface area contributed by atoms with Crippen LogP contribution in [0.2, 0.25) is 0 Å². The third-order valence-corrected chi connectivity index (χ3v) is 5.06. The lowest BCUT2D eigenvalue weighted by Crippen LogP contribution is -2.37. The molecule has 116 valence electrons. The Morgan fingerprint density at radius 1 is 1.14 bits per heavy atom. The Morgan fingerprint density at radius 2 is 1.73 bits per heavy atom. The monoisotopic (exact) mass is 319 g/mol. The van der Waals surface area contributed by atoms with Crippen LogP contribution in [0.1, 0.15) is 12.5 Å². The van der Waals surface area contributed by atoms with Gasteiger partial charge in [0.1, 0.15) is 11.1 Å². The van der Waals surface area contributed by atoms with E-state index in [1.165, 1.54) is 11.0 Å². The predicted molar refractivity (Wildman–Crippen MR) is 87.6 cm³/mol. The average Bonchev–Trinajstić information content (AvgIpc) is 2.55. The molecule has 0 saturated carbocycles. The standard InChI is InChI=1S/C17H18FNO2S/c1-13(17(20)19(2)15-9-4-3-5-10-15)22(21)12-14-8-6-7-11-16(14)18/h3-11,13H,12H2,1-2H3/t13-,22+/m0/s1. The SMILES string of the molecule is C[C@@H](C(=O)N(C)c1ccccc1)[S@](=O)Cc1ccccc1F. The third kappa shape index (κ3) is 3.80. The van der Waals surface area contributed by atoms with E-state index < -0.39 is 21.9 Å². The van der Waals surface area contributed by atoms with E-state index in [2.05, 4.69) is 0 Å². The summed E-state index contributed by atoms with van der Waals surface area (Å²) < 4.78 is 25.9. The fourth-order valence-corrected chi connectivity index (χ4v) is 3.23. The van der Waals surface area contributed by atoms with Crippen molar-refractivity contribution in [2.75, 3.05) is 11.9 Å². The zero-order valence-corrected chi connectivity index (χ0v) is 13.3. The first-order chi connectivity index (χ1) is 10.5. The normalized spacial score (nSPS) is 13.4. The van der Waals surface area contributed by atoms with E-state index in [-0.39, 0.29) is 11.7 Å². The van der Waals surface area contributed by atoms with Crippen LogP contribution in [-0.2, 0) is 21.3 Å². The van der Waals surface area contributed by atoms with Gasteiger partial charge in [-0.1, -0.05) is 36.4 Å². The number of nitrogens with zero attached hydrogens (tertiary/aromatic N) is 1. The van der Waals surface area contributed by atoms with Gasteiger partial charge >= 0.3 is 0 Å². The maximum atomic E-state index is 13.6. The van der Waals surface area contributed by atoms with Crippen molar-refractivity contribution >= 4 is 22.4 Å². The van der Waals surface area contributed by atoms with E-state index in [4.69, 9.17) is 0 Å². The average molecular weight is 319 g/mol. The quantitative estimate of drug-likeness (QED) is 0.849. The summed E-state index contributed by atoms with van der Waals surface area (Å²) in [6.45, 7) is 1.61. The van der Waals surface area contributed by atoms with Crippen LogP contribution in [0.3, 0.4) is 0 Å². The number of benzene rings is 2. The van der Waals surface area contributed by atoms with E-state index in [1.807, 2.05) is 30.3 Å². The van der Waals surface area contributed by atoms with E-state index in [0.29, 0.717) is 5.56 Å². The second-order valence-corrected chi connectivity index (χ2v) is 6.75. The van der Waals surface area contributed by atoms with Crippen LogP contribution in [-0.4, -0.2) is 22.4 Å². The lowest BCUT2D eigenvalue weighted by atomic mass is 10.2. The van der Waals surface area contributed by atoms with E-state index >= 15 is 0 Å². The largest absolute Gasteiger partial charge is 0.314 e. The maximum Gasteiger partial charge on any atom is 0.242 e. The van der Waals surface area contributed by atoms with Crippen LogP contribution >= 0.6 is 0 Å². The van der Waals surface area contributed by atoms with Crippen molar-refractivity contribution in [3.05, 3.63) is 66.0 Å². The van der Waals surface area contributed by atoms with Crippen molar-refractivity contribution in [2.24, 2.45) is 0 Å². The van der Waals surface area contributed by atoms with Gasteiger partial charge in [-0.05, 0) is 25.1 Å². The minimum absolute atomic E-state index is 0.0300. The number of carbonyl (C=O) groups is 1. The summed E-state index contributed by atoms with van der Waals surface area (Å²) in [6, 6.07) is 15.3. The molecule has 0 heterocycles. The highest BCUT2D eigenvalue weighted by Crippen LogP contribution is 2.16. The molecule has 1 amide bonds. The molecule has 3 nitrogen and oxygen atoms in total. The Bertz CT molecular complexity index is 675. The molecule has 2 aromatic carbocycles. The summed E-state index contributed by atoms with van der Waals surface area (Å²) in [5.74, 6) is -0.616. The molecule has 0 aliphatic rings. The van der Waals surface area contributed by atoms with Gasteiger partial charge in [-0.2, -0.15) is 0 Å². The Labute approximate surface area is 132 Å². The van der Waals surface area contributed by atoms with E-state index in [0.717, 1.165) is 5.69 Å². The van der Waals surface area contributed by atoms with Crippen LogP contribution < -0.4 is 4.90 Å². The number of hydrogen-bond acceptors (Lipinski definition) is 2. The molecule has 0 saturated heterocycles. The molecule has 0 aliphatic heterocycles. The van der Waals surface area contributed by atoms with Crippen LogP contribution in [0.4, 0.5) is 10.1 Å². The molecule has 2 atom stereocenters. The number of rotatable bonds is 5. The van der Waals surface area contributed by atoms with Gasteiger partial charge in [-0.15, -0.1) is 0 Å². The lowest BCUT2D eigenvalue weighted by molar-refractivity contribution is -0.117. The van der Waals surface area contributed by atoms with Gasteiger partial charge in [0.2, 0.25) is 5.91 Å². The number of amides is 1. The van der Waals surface area contributed by atoms with Crippen LogP contribution in [0.5, 0.6) is 0 Å². The summed E-state index contributed by atoms with van der Waals surface area (Å²) in [5.41, 5.74) is 1.10. The van der Waals surface area contributed by atoms with Gasteiger partial charge in [0.25, 0.3) is 0 Å². The van der Waals surface area contributed by atoms with Crippen molar-refractivity contribution in [2.45, 2.75) is 17.9 Å². The molecule has 0 unspecified atom stereocenters. The number of anilines is 1. The van der Waals surface area contributed by atoms with Crippen molar-refractivity contribution in [1.29, 1.82) is 0 Å². The van der Waals surface area contributed by atoms with Gasteiger partial charge in [-0.3, -0.25) is 9.00 Å². The number of halogens is 1. The molecule has 0 spiro atoms. The molecule has 0 aliphatic carbocycles. The maximum absolute atomic E-state index is 13.6. The minimum Gasteiger partial charge on any atom is -0.314 e. The summed E-state index contributed by atoms with van der Waals surface area (Å²) in [4.78, 5) is 13.9. The second-order valence-electron chi connectivity index (χ2n) is 4.99. The molecule has 5 heteroatoms. The smallest absolute Gasteiger partial charge is 0.242 e. The summed E-state index contributed by atoms with van der Waals surface area (Å²) in [6.07, 6.45) is 0. The highest BCUT2D eigenvalue weighted by Gasteiger charge is 2.24. The van der Waals surface area contributed by atoms with Crippen molar-refractivity contribution in [3.63, 3.8) is 0 Å². The molecular weight excluding hydrogens is 301 g/mol. The summed E-state index contributed by atoms with van der Waals surface area (Å²) in [7, 11) is 0.166. The van der Waals surface area contributed by atoms with E-state index in [9.17, 15) is 13.4 Å². The number of carbonyl (C=O) groups excluding carboxylic acids is 1. The molecule has 0 fully saturated rings. The van der Waals surface area contributed by atoms with Crippen LogP contribution in [0.15, 0.2) is 54.6 Å². The Balaban J connectivity index is 2.07. The Hall–Kier alpha value is -2.01. The third-order valence-electron chi connectivity index (χ3n) is 3.47. The van der Waals surface area contributed by atoms with Gasteiger partial charge < -0.3 is 4.90 Å².